The molecular weight excluding hydrogens is 234 g/mol. The molecule has 0 aliphatic carbocycles. The maximum atomic E-state index is 12.1. The van der Waals surface area contributed by atoms with Gasteiger partial charge in [0.05, 0.1) is 12.0 Å². The number of ether oxygens (including phenoxy) is 1. The third-order valence-corrected chi connectivity index (χ3v) is 2.50. The average molecular weight is 247 g/mol. The van der Waals surface area contributed by atoms with E-state index in [0.29, 0.717) is 11.0 Å². The van der Waals surface area contributed by atoms with Gasteiger partial charge in [0.25, 0.3) is 0 Å². The van der Waals surface area contributed by atoms with Gasteiger partial charge in [0, 0.05) is 19.4 Å². The summed E-state index contributed by atoms with van der Waals surface area (Å²) in [6.07, 6.45) is 2.98. The first-order valence-electron chi connectivity index (χ1n) is 5.54. The molecular formula is C12H13N3O3. The van der Waals surface area contributed by atoms with Gasteiger partial charge in [0.1, 0.15) is 5.56 Å². The van der Waals surface area contributed by atoms with Crippen LogP contribution >= 0.6 is 0 Å². The van der Waals surface area contributed by atoms with E-state index in [9.17, 15) is 9.59 Å². The van der Waals surface area contributed by atoms with Crippen LogP contribution in [0.5, 0.6) is 0 Å². The lowest BCUT2D eigenvalue weighted by Crippen LogP contribution is -2.23. The van der Waals surface area contributed by atoms with Crippen molar-refractivity contribution < 1.29 is 9.53 Å². The average Bonchev–Trinajstić information content (AvgIpc) is 2.40. The van der Waals surface area contributed by atoms with Crippen LogP contribution in [0.15, 0.2) is 29.3 Å². The molecule has 2 aromatic heterocycles. The van der Waals surface area contributed by atoms with E-state index >= 15 is 0 Å². The maximum Gasteiger partial charge on any atom is 0.343 e. The Labute approximate surface area is 103 Å². The van der Waals surface area contributed by atoms with Crippen LogP contribution in [0.1, 0.15) is 17.3 Å². The Balaban J connectivity index is 2.73. The zero-order valence-corrected chi connectivity index (χ0v) is 10.1. The van der Waals surface area contributed by atoms with E-state index in [1.807, 2.05) is 0 Å². The third kappa shape index (κ3) is 1.92. The van der Waals surface area contributed by atoms with E-state index in [1.165, 1.54) is 10.9 Å². The third-order valence-electron chi connectivity index (χ3n) is 2.50. The number of nitrogens with zero attached hydrogens (tertiary/aromatic N) is 2. The number of esters is 1. The number of hydrogen-bond donors (Lipinski definition) is 1. The van der Waals surface area contributed by atoms with Crippen LogP contribution in [0, 0.1) is 0 Å². The van der Waals surface area contributed by atoms with Gasteiger partial charge in [-0.25, -0.2) is 14.5 Å². The predicted octanol–water partition coefficient (Wildman–Crippen LogP) is 0.747. The highest BCUT2D eigenvalue weighted by Crippen LogP contribution is 2.08. The van der Waals surface area contributed by atoms with Gasteiger partial charge in [-0.05, 0) is 19.1 Å². The molecule has 2 rings (SSSR count). The first-order chi connectivity index (χ1) is 8.69. The van der Waals surface area contributed by atoms with E-state index in [4.69, 9.17) is 4.74 Å². The van der Waals surface area contributed by atoms with Crippen LogP contribution in [0.25, 0.3) is 11.0 Å². The zero-order valence-electron chi connectivity index (χ0n) is 10.1. The first kappa shape index (κ1) is 12.1. The molecule has 18 heavy (non-hydrogen) atoms. The summed E-state index contributed by atoms with van der Waals surface area (Å²) in [4.78, 5) is 27.9. The van der Waals surface area contributed by atoms with Crippen molar-refractivity contribution in [2.24, 2.45) is 0 Å². The lowest BCUT2D eigenvalue weighted by molar-refractivity contribution is 0.0524. The fourth-order valence-corrected chi connectivity index (χ4v) is 1.68. The van der Waals surface area contributed by atoms with Crippen LogP contribution in [-0.4, -0.2) is 29.3 Å². The maximum absolute atomic E-state index is 12.1. The minimum absolute atomic E-state index is 0.00769. The number of carbonyl (C=O) groups excluding carboxylic acids is 1. The van der Waals surface area contributed by atoms with Gasteiger partial charge in [-0.2, -0.15) is 0 Å². The first-order valence-corrected chi connectivity index (χ1v) is 5.54. The number of fused-ring (bicyclic) bond motifs is 1. The van der Waals surface area contributed by atoms with Crippen molar-refractivity contribution in [2.45, 2.75) is 6.92 Å². The molecule has 0 amide bonds. The van der Waals surface area contributed by atoms with E-state index in [0.717, 1.165) is 0 Å². The van der Waals surface area contributed by atoms with Crippen LogP contribution in [0.2, 0.25) is 0 Å². The Morgan fingerprint density at radius 3 is 3.00 bits per heavy atom. The van der Waals surface area contributed by atoms with Gasteiger partial charge >= 0.3 is 5.97 Å². The van der Waals surface area contributed by atoms with Crippen molar-refractivity contribution in [1.82, 2.24) is 9.66 Å². The summed E-state index contributed by atoms with van der Waals surface area (Å²) in [5.41, 5.74) is 2.93. The van der Waals surface area contributed by atoms with E-state index in [1.54, 1.807) is 32.3 Å². The van der Waals surface area contributed by atoms with Gasteiger partial charge in [-0.15, -0.1) is 0 Å². The smallest absolute Gasteiger partial charge is 0.343 e. The second kappa shape index (κ2) is 4.87. The second-order valence-corrected chi connectivity index (χ2v) is 3.56. The summed E-state index contributed by atoms with van der Waals surface area (Å²) in [5.74, 6) is -0.628. The van der Waals surface area contributed by atoms with Crippen molar-refractivity contribution in [1.29, 1.82) is 0 Å². The monoisotopic (exact) mass is 247 g/mol. The summed E-state index contributed by atoms with van der Waals surface area (Å²) in [5, 5.41) is 0.373. The molecule has 6 nitrogen and oxygen atoms in total. The summed E-state index contributed by atoms with van der Waals surface area (Å²) in [6, 6.07) is 3.28. The fourth-order valence-electron chi connectivity index (χ4n) is 1.68. The molecule has 0 radical (unpaired) electrons. The van der Waals surface area contributed by atoms with Gasteiger partial charge in [0.15, 0.2) is 5.65 Å². The van der Waals surface area contributed by atoms with Crippen molar-refractivity contribution in [3.63, 3.8) is 0 Å². The van der Waals surface area contributed by atoms with Crippen molar-refractivity contribution in [3.8, 4) is 0 Å². The lowest BCUT2D eigenvalue weighted by atomic mass is 10.2. The molecule has 0 spiro atoms. The highest BCUT2D eigenvalue weighted by atomic mass is 16.5. The molecule has 0 unspecified atom stereocenters. The number of rotatable bonds is 3. The zero-order chi connectivity index (χ0) is 13.1. The van der Waals surface area contributed by atoms with Crippen LogP contribution in [-0.2, 0) is 4.74 Å². The Morgan fingerprint density at radius 2 is 2.33 bits per heavy atom. The van der Waals surface area contributed by atoms with E-state index < -0.39 is 5.97 Å². The molecule has 0 aliphatic rings. The number of carbonyl (C=O) groups is 1. The largest absolute Gasteiger partial charge is 0.462 e. The normalized spacial score (nSPS) is 10.3. The highest BCUT2D eigenvalue weighted by molar-refractivity contribution is 5.93. The fraction of sp³-hybridized carbons (Fsp3) is 0.250. The van der Waals surface area contributed by atoms with Gasteiger partial charge in [-0.1, -0.05) is 0 Å². The molecule has 0 aliphatic heterocycles. The highest BCUT2D eigenvalue weighted by Gasteiger charge is 2.16. The van der Waals surface area contributed by atoms with Crippen LogP contribution in [0.4, 0.5) is 0 Å². The second-order valence-electron chi connectivity index (χ2n) is 3.56. The number of hydrogen-bond acceptors (Lipinski definition) is 5. The summed E-state index contributed by atoms with van der Waals surface area (Å²) in [6.45, 7) is 1.92. The van der Waals surface area contributed by atoms with E-state index in [-0.39, 0.29) is 17.6 Å². The summed E-state index contributed by atoms with van der Waals surface area (Å²) in [7, 11) is 1.67. The Morgan fingerprint density at radius 1 is 1.56 bits per heavy atom. The minimum atomic E-state index is -0.628. The number of pyridine rings is 2. The summed E-state index contributed by atoms with van der Waals surface area (Å²) >= 11 is 0. The molecule has 6 heteroatoms. The lowest BCUT2D eigenvalue weighted by Gasteiger charge is -2.10. The molecule has 0 aromatic carbocycles. The molecule has 94 valence electrons. The number of aromatic nitrogens is 2. The Bertz CT molecular complexity index is 649. The molecule has 0 saturated carbocycles. The molecule has 2 heterocycles. The molecule has 0 atom stereocenters. The Kier molecular flexibility index (Phi) is 3.27. The van der Waals surface area contributed by atoms with E-state index in [2.05, 4.69) is 10.4 Å². The Hall–Kier alpha value is -2.37. The van der Waals surface area contributed by atoms with Gasteiger partial charge in [0.2, 0.25) is 5.43 Å². The van der Waals surface area contributed by atoms with Crippen molar-refractivity contribution >= 4 is 17.0 Å². The van der Waals surface area contributed by atoms with Gasteiger partial charge in [-0.3, -0.25) is 4.79 Å². The van der Waals surface area contributed by atoms with Crippen molar-refractivity contribution in [3.05, 3.63) is 40.3 Å². The SMILES string of the molecule is CCOC(=O)c1cn(NC)c2ncccc2c1=O. The molecule has 0 fully saturated rings. The molecule has 1 N–H and O–H groups in total. The topological polar surface area (TPSA) is 73.2 Å². The standard InChI is InChI=1S/C12H13N3O3/c1-3-18-12(17)9-7-15(13-2)11-8(10(9)16)5-4-6-14-11/h4-7,13H,3H2,1-2H3. The molecule has 0 saturated heterocycles. The minimum Gasteiger partial charge on any atom is -0.462 e. The predicted molar refractivity (Wildman–Crippen MR) is 67.2 cm³/mol. The summed E-state index contributed by atoms with van der Waals surface area (Å²) < 4.78 is 6.37. The van der Waals surface area contributed by atoms with Crippen molar-refractivity contribution in [2.75, 3.05) is 19.1 Å². The van der Waals surface area contributed by atoms with Crippen LogP contribution < -0.4 is 10.9 Å². The molecule has 2 aromatic rings. The molecule has 0 bridgehead atoms. The van der Waals surface area contributed by atoms with Crippen LogP contribution in [0.3, 0.4) is 0 Å². The number of nitrogens with one attached hydrogen (secondary N) is 1. The quantitative estimate of drug-likeness (QED) is 0.810. The van der Waals surface area contributed by atoms with Gasteiger partial charge < -0.3 is 10.2 Å².